The molecule has 0 aromatic carbocycles. The molecule has 2 aromatic rings. The number of nitrogens with zero attached hydrogens (tertiary/aromatic N) is 3. The Bertz CT molecular complexity index is 536. The summed E-state index contributed by atoms with van der Waals surface area (Å²) >= 11 is 0. The third kappa shape index (κ3) is 2.66. The van der Waals surface area contributed by atoms with Gasteiger partial charge in [-0.1, -0.05) is 11.2 Å². The van der Waals surface area contributed by atoms with Crippen LogP contribution in [-0.4, -0.2) is 26.2 Å². The van der Waals surface area contributed by atoms with Crippen LogP contribution in [0.5, 0.6) is 0 Å². The molecule has 0 bridgehead atoms. The molecule has 0 amide bonds. The minimum absolute atomic E-state index is 0.0250. The molecule has 0 aliphatic rings. The maximum atomic E-state index is 10.4. The molecule has 0 saturated carbocycles. The van der Waals surface area contributed by atoms with E-state index in [0.717, 1.165) is 5.56 Å². The maximum absolute atomic E-state index is 10.4. The predicted octanol–water partition coefficient (Wildman–Crippen LogP) is 1.46. The number of carboxylic acid groups (broad SMARTS) is 1. The lowest BCUT2D eigenvalue weighted by molar-refractivity contribution is -0.137. The van der Waals surface area contributed by atoms with E-state index in [9.17, 15) is 4.79 Å². The van der Waals surface area contributed by atoms with Gasteiger partial charge >= 0.3 is 5.97 Å². The molecule has 1 N–H and O–H groups in total. The summed E-state index contributed by atoms with van der Waals surface area (Å²) in [7, 11) is 0. The fourth-order valence-corrected chi connectivity index (χ4v) is 1.39. The Morgan fingerprint density at radius 1 is 1.53 bits per heavy atom. The third-order valence-corrected chi connectivity index (χ3v) is 2.24. The van der Waals surface area contributed by atoms with Gasteiger partial charge in [-0.2, -0.15) is 4.98 Å². The number of carboxylic acids is 1. The van der Waals surface area contributed by atoms with Crippen LogP contribution in [0, 0.1) is 6.92 Å². The van der Waals surface area contributed by atoms with E-state index in [2.05, 4.69) is 15.1 Å². The van der Waals surface area contributed by atoms with E-state index in [1.165, 1.54) is 0 Å². The standard InChI is InChI=1S/C11H11N3O3/c1-7-3-2-6-12-10(7)11-13-8(17-14-11)4-5-9(15)16/h2-3,6H,4-5H2,1H3,(H,15,16). The van der Waals surface area contributed by atoms with Gasteiger partial charge in [0.2, 0.25) is 11.7 Å². The van der Waals surface area contributed by atoms with Crippen LogP contribution in [0.1, 0.15) is 17.9 Å². The number of aromatic nitrogens is 3. The van der Waals surface area contributed by atoms with Gasteiger partial charge in [-0.25, -0.2) is 0 Å². The van der Waals surface area contributed by atoms with E-state index >= 15 is 0 Å². The van der Waals surface area contributed by atoms with Crippen LogP contribution < -0.4 is 0 Å². The van der Waals surface area contributed by atoms with Crippen LogP contribution in [0.4, 0.5) is 0 Å². The predicted molar refractivity (Wildman–Crippen MR) is 58.2 cm³/mol. The first-order valence-corrected chi connectivity index (χ1v) is 5.13. The van der Waals surface area contributed by atoms with Crippen molar-refractivity contribution in [1.82, 2.24) is 15.1 Å². The van der Waals surface area contributed by atoms with E-state index in [-0.39, 0.29) is 12.8 Å². The van der Waals surface area contributed by atoms with Gasteiger partial charge in [-0.15, -0.1) is 0 Å². The van der Waals surface area contributed by atoms with Crippen molar-refractivity contribution in [3.8, 4) is 11.5 Å². The van der Waals surface area contributed by atoms with Gasteiger partial charge in [0, 0.05) is 12.6 Å². The molecule has 0 spiro atoms. The second-order valence-electron chi connectivity index (χ2n) is 3.57. The summed E-state index contributed by atoms with van der Waals surface area (Å²) in [5, 5.41) is 12.3. The fourth-order valence-electron chi connectivity index (χ4n) is 1.39. The molecule has 0 fully saturated rings. The number of hydrogen-bond donors (Lipinski definition) is 1. The SMILES string of the molecule is Cc1cccnc1-c1noc(CCC(=O)O)n1. The van der Waals surface area contributed by atoms with Gasteiger partial charge in [0.05, 0.1) is 6.42 Å². The summed E-state index contributed by atoms with van der Waals surface area (Å²) in [5.41, 5.74) is 1.59. The van der Waals surface area contributed by atoms with Crippen LogP contribution in [0.2, 0.25) is 0 Å². The van der Waals surface area contributed by atoms with Gasteiger partial charge in [0.1, 0.15) is 5.69 Å². The Morgan fingerprint density at radius 2 is 2.35 bits per heavy atom. The Labute approximate surface area is 97.3 Å². The number of carbonyl (C=O) groups is 1. The number of hydrogen-bond acceptors (Lipinski definition) is 5. The average molecular weight is 233 g/mol. The van der Waals surface area contributed by atoms with Crippen molar-refractivity contribution in [2.45, 2.75) is 19.8 Å². The first kappa shape index (κ1) is 11.3. The van der Waals surface area contributed by atoms with E-state index < -0.39 is 5.97 Å². The molecule has 0 unspecified atom stereocenters. The van der Waals surface area contributed by atoms with Crippen molar-refractivity contribution >= 4 is 5.97 Å². The van der Waals surface area contributed by atoms with E-state index in [1.807, 2.05) is 19.1 Å². The smallest absolute Gasteiger partial charge is 0.303 e. The van der Waals surface area contributed by atoms with Crippen LogP contribution in [0.3, 0.4) is 0 Å². The lowest BCUT2D eigenvalue weighted by atomic mass is 10.2. The minimum atomic E-state index is -0.890. The largest absolute Gasteiger partial charge is 0.481 e. The zero-order chi connectivity index (χ0) is 12.3. The molecular weight excluding hydrogens is 222 g/mol. The fraction of sp³-hybridized carbons (Fsp3) is 0.273. The van der Waals surface area contributed by atoms with Crippen molar-refractivity contribution in [3.05, 3.63) is 29.8 Å². The number of rotatable bonds is 4. The third-order valence-electron chi connectivity index (χ3n) is 2.24. The normalized spacial score (nSPS) is 10.4. The molecule has 88 valence electrons. The van der Waals surface area contributed by atoms with Crippen molar-refractivity contribution < 1.29 is 14.4 Å². The van der Waals surface area contributed by atoms with Gasteiger partial charge in [0.25, 0.3) is 0 Å². The summed E-state index contributed by atoms with van der Waals surface area (Å²) in [6.07, 6.45) is 1.85. The highest BCUT2D eigenvalue weighted by Gasteiger charge is 2.12. The lowest BCUT2D eigenvalue weighted by Crippen LogP contribution is -1.97. The molecule has 0 aliphatic heterocycles. The Kier molecular flexibility index (Phi) is 3.13. The summed E-state index contributed by atoms with van der Waals surface area (Å²) in [6, 6.07) is 3.72. The quantitative estimate of drug-likeness (QED) is 0.859. The second-order valence-corrected chi connectivity index (χ2v) is 3.57. The van der Waals surface area contributed by atoms with Crippen molar-refractivity contribution in [1.29, 1.82) is 0 Å². The Balaban J connectivity index is 2.18. The van der Waals surface area contributed by atoms with Crippen molar-refractivity contribution in [2.75, 3.05) is 0 Å². The van der Waals surface area contributed by atoms with Gasteiger partial charge in [-0.05, 0) is 18.6 Å². The molecule has 17 heavy (non-hydrogen) atoms. The molecular formula is C11H11N3O3. The Morgan fingerprint density at radius 3 is 3.06 bits per heavy atom. The van der Waals surface area contributed by atoms with Crippen LogP contribution in [-0.2, 0) is 11.2 Å². The highest BCUT2D eigenvalue weighted by atomic mass is 16.5. The molecule has 0 aliphatic carbocycles. The summed E-state index contributed by atoms with van der Waals surface area (Å²) < 4.78 is 4.96. The molecule has 6 nitrogen and oxygen atoms in total. The lowest BCUT2D eigenvalue weighted by Gasteiger charge is -1.96. The average Bonchev–Trinajstić information content (AvgIpc) is 2.75. The minimum Gasteiger partial charge on any atom is -0.481 e. The second kappa shape index (κ2) is 4.73. The molecule has 0 saturated heterocycles. The molecule has 2 heterocycles. The number of aliphatic carboxylic acids is 1. The monoisotopic (exact) mass is 233 g/mol. The summed E-state index contributed by atoms with van der Waals surface area (Å²) in [5.74, 6) is -0.185. The topological polar surface area (TPSA) is 89.1 Å². The highest BCUT2D eigenvalue weighted by molar-refractivity contribution is 5.66. The molecule has 6 heteroatoms. The van der Waals surface area contributed by atoms with E-state index in [4.69, 9.17) is 9.63 Å². The molecule has 0 atom stereocenters. The van der Waals surface area contributed by atoms with E-state index in [0.29, 0.717) is 17.4 Å². The number of aryl methyl sites for hydroxylation is 2. The van der Waals surface area contributed by atoms with Gasteiger partial charge < -0.3 is 9.63 Å². The van der Waals surface area contributed by atoms with Crippen LogP contribution >= 0.6 is 0 Å². The van der Waals surface area contributed by atoms with E-state index in [1.54, 1.807) is 6.20 Å². The first-order valence-electron chi connectivity index (χ1n) is 5.13. The summed E-state index contributed by atoms with van der Waals surface area (Å²) in [4.78, 5) is 18.7. The highest BCUT2D eigenvalue weighted by Crippen LogP contribution is 2.17. The molecule has 2 rings (SSSR count). The van der Waals surface area contributed by atoms with Gasteiger partial charge in [0.15, 0.2) is 0 Å². The van der Waals surface area contributed by atoms with Gasteiger partial charge in [-0.3, -0.25) is 9.78 Å². The summed E-state index contributed by atoms with van der Waals surface area (Å²) in [6.45, 7) is 1.90. The molecule has 0 radical (unpaired) electrons. The Hall–Kier alpha value is -2.24. The zero-order valence-electron chi connectivity index (χ0n) is 9.25. The van der Waals surface area contributed by atoms with Crippen LogP contribution in [0.15, 0.2) is 22.9 Å². The van der Waals surface area contributed by atoms with Crippen molar-refractivity contribution in [2.24, 2.45) is 0 Å². The van der Waals surface area contributed by atoms with Crippen LogP contribution in [0.25, 0.3) is 11.5 Å². The zero-order valence-corrected chi connectivity index (χ0v) is 9.25. The van der Waals surface area contributed by atoms with Crippen molar-refractivity contribution in [3.63, 3.8) is 0 Å². The number of pyridine rings is 1. The maximum Gasteiger partial charge on any atom is 0.303 e. The first-order chi connectivity index (χ1) is 8.16. The molecule has 2 aromatic heterocycles.